The van der Waals surface area contributed by atoms with Gasteiger partial charge in [-0.25, -0.2) is 18.7 Å². The van der Waals surface area contributed by atoms with Crippen LogP contribution in [0.15, 0.2) is 30.5 Å². The van der Waals surface area contributed by atoms with Crippen LogP contribution in [0.25, 0.3) is 0 Å². The van der Waals surface area contributed by atoms with Gasteiger partial charge in [0, 0.05) is 36.8 Å². The molecular weight excluding hydrogens is 338 g/mol. The maximum Gasteiger partial charge on any atom is 0.242 e. The number of carbonyl (C=O) groups excluding carboxylic acids is 1. The highest BCUT2D eigenvalue weighted by Gasteiger charge is 2.27. The molecule has 0 N–H and O–H groups in total. The third kappa shape index (κ3) is 3.98. The first kappa shape index (κ1) is 18.2. The van der Waals surface area contributed by atoms with Crippen molar-refractivity contribution in [1.29, 1.82) is 0 Å². The molecule has 1 aromatic carbocycles. The van der Waals surface area contributed by atoms with Crippen molar-refractivity contribution in [2.75, 3.05) is 24.5 Å². The molecule has 2 aromatic rings. The number of hydrogen-bond donors (Lipinski definition) is 0. The fraction of sp³-hybridized carbons (Fsp3) is 0.421. The van der Waals surface area contributed by atoms with Gasteiger partial charge in [-0.05, 0) is 24.3 Å². The van der Waals surface area contributed by atoms with Gasteiger partial charge in [0.2, 0.25) is 5.91 Å². The van der Waals surface area contributed by atoms with Crippen molar-refractivity contribution < 1.29 is 13.6 Å². The minimum absolute atomic E-state index is 0.0628. The molecule has 0 atom stereocenters. The fourth-order valence-corrected chi connectivity index (χ4v) is 2.83. The maximum atomic E-state index is 13.8. The van der Waals surface area contributed by atoms with Crippen molar-refractivity contribution in [1.82, 2.24) is 14.9 Å². The van der Waals surface area contributed by atoms with Gasteiger partial charge in [0.15, 0.2) is 0 Å². The van der Waals surface area contributed by atoms with Crippen LogP contribution in [0.4, 0.5) is 14.6 Å². The number of anilines is 1. The molecule has 0 aliphatic carbocycles. The topological polar surface area (TPSA) is 49.3 Å². The minimum Gasteiger partial charge on any atom is -0.345 e. The average molecular weight is 360 g/mol. The lowest BCUT2D eigenvalue weighted by Crippen LogP contribution is -2.50. The quantitative estimate of drug-likeness (QED) is 0.845. The van der Waals surface area contributed by atoms with Crippen LogP contribution in [-0.2, 0) is 16.8 Å². The number of benzene rings is 1. The Hall–Kier alpha value is -2.57. The van der Waals surface area contributed by atoms with Gasteiger partial charge in [-0.1, -0.05) is 20.8 Å². The van der Waals surface area contributed by atoms with Crippen LogP contribution in [-0.4, -0.2) is 40.4 Å². The first-order valence-electron chi connectivity index (χ1n) is 8.54. The molecule has 138 valence electrons. The van der Waals surface area contributed by atoms with E-state index in [0.717, 1.165) is 18.2 Å². The fourth-order valence-electron chi connectivity index (χ4n) is 2.83. The summed E-state index contributed by atoms with van der Waals surface area (Å²) in [6.45, 7) is 7.30. The van der Waals surface area contributed by atoms with E-state index in [1.807, 2.05) is 25.7 Å². The average Bonchev–Trinajstić information content (AvgIpc) is 2.59. The van der Waals surface area contributed by atoms with Gasteiger partial charge < -0.3 is 9.80 Å². The summed E-state index contributed by atoms with van der Waals surface area (Å²) in [6, 6.07) is 5.07. The largest absolute Gasteiger partial charge is 0.345 e. The van der Waals surface area contributed by atoms with Crippen LogP contribution >= 0.6 is 0 Å². The van der Waals surface area contributed by atoms with Crippen molar-refractivity contribution in [3.05, 3.63) is 53.5 Å². The van der Waals surface area contributed by atoms with E-state index in [4.69, 9.17) is 0 Å². The van der Waals surface area contributed by atoms with Crippen molar-refractivity contribution in [3.63, 3.8) is 0 Å². The van der Waals surface area contributed by atoms with Gasteiger partial charge in [0.25, 0.3) is 0 Å². The van der Waals surface area contributed by atoms with E-state index in [2.05, 4.69) is 9.97 Å². The lowest BCUT2D eigenvalue weighted by Gasteiger charge is -2.35. The van der Waals surface area contributed by atoms with Gasteiger partial charge >= 0.3 is 0 Å². The first-order valence-corrected chi connectivity index (χ1v) is 8.54. The Morgan fingerprint density at radius 3 is 2.62 bits per heavy atom. The first-order chi connectivity index (χ1) is 12.2. The highest BCUT2D eigenvalue weighted by molar-refractivity contribution is 5.82. The molecule has 26 heavy (non-hydrogen) atoms. The number of hydrogen-bond acceptors (Lipinski definition) is 4. The molecule has 1 aliphatic heterocycles. The Morgan fingerprint density at radius 1 is 1.15 bits per heavy atom. The lowest BCUT2D eigenvalue weighted by molar-refractivity contribution is -0.131. The predicted octanol–water partition coefficient (Wildman–Crippen LogP) is 2.90. The van der Waals surface area contributed by atoms with Gasteiger partial charge in [0.1, 0.15) is 23.3 Å². The molecule has 3 rings (SSSR count). The standard InChI is InChI=1S/C19H22F2N4O/c1-19(2,3)18-22-7-6-16(23-18)24-8-9-25(17(26)12-24)11-13-10-14(20)4-5-15(13)21/h4-7,10H,8-9,11-12H2,1-3H3. The van der Waals surface area contributed by atoms with Gasteiger partial charge in [-0.3, -0.25) is 4.79 Å². The molecular formula is C19H22F2N4O. The SMILES string of the molecule is CC(C)(C)c1nccc(N2CCN(Cc3cc(F)ccc3F)C(=O)C2)n1. The zero-order valence-corrected chi connectivity index (χ0v) is 15.2. The van der Waals surface area contributed by atoms with Gasteiger partial charge in [-0.2, -0.15) is 0 Å². The summed E-state index contributed by atoms with van der Waals surface area (Å²) < 4.78 is 27.1. The van der Waals surface area contributed by atoms with E-state index in [9.17, 15) is 13.6 Å². The van der Waals surface area contributed by atoms with Crippen molar-refractivity contribution >= 4 is 11.7 Å². The highest BCUT2D eigenvalue weighted by atomic mass is 19.1. The second kappa shape index (κ2) is 6.97. The molecule has 1 aromatic heterocycles. The molecule has 5 nitrogen and oxygen atoms in total. The molecule has 0 saturated carbocycles. The van der Waals surface area contributed by atoms with Gasteiger partial charge in [-0.15, -0.1) is 0 Å². The predicted molar refractivity (Wildman–Crippen MR) is 94.7 cm³/mol. The number of aromatic nitrogens is 2. The lowest BCUT2D eigenvalue weighted by atomic mass is 9.96. The normalized spacial score (nSPS) is 15.5. The van der Waals surface area contributed by atoms with Crippen LogP contribution in [0, 0.1) is 11.6 Å². The molecule has 7 heteroatoms. The third-order valence-corrected chi connectivity index (χ3v) is 4.32. The van der Waals surface area contributed by atoms with Crippen LogP contribution in [0.2, 0.25) is 0 Å². The summed E-state index contributed by atoms with van der Waals surface area (Å²) in [5, 5.41) is 0. The van der Waals surface area contributed by atoms with Crippen LogP contribution in [0.3, 0.4) is 0 Å². The number of amides is 1. The number of carbonyl (C=O) groups is 1. The molecule has 1 amide bonds. The Labute approximate surface area is 151 Å². The van der Waals surface area contributed by atoms with Crippen LogP contribution in [0.1, 0.15) is 32.2 Å². The Morgan fingerprint density at radius 2 is 1.92 bits per heavy atom. The summed E-state index contributed by atoms with van der Waals surface area (Å²) >= 11 is 0. The van der Waals surface area contributed by atoms with Gasteiger partial charge in [0.05, 0.1) is 6.54 Å². The van der Waals surface area contributed by atoms with E-state index in [1.54, 1.807) is 17.2 Å². The number of halogens is 2. The Balaban J connectivity index is 1.71. The molecule has 0 bridgehead atoms. The summed E-state index contributed by atoms with van der Waals surface area (Å²) in [7, 11) is 0. The molecule has 1 fully saturated rings. The van der Waals surface area contributed by atoms with E-state index in [-0.39, 0.29) is 30.0 Å². The number of nitrogens with zero attached hydrogens (tertiary/aromatic N) is 4. The smallest absolute Gasteiger partial charge is 0.242 e. The second-order valence-electron chi connectivity index (χ2n) is 7.46. The molecule has 1 aliphatic rings. The third-order valence-electron chi connectivity index (χ3n) is 4.32. The van der Waals surface area contributed by atoms with E-state index in [0.29, 0.717) is 24.7 Å². The van der Waals surface area contributed by atoms with E-state index >= 15 is 0 Å². The second-order valence-corrected chi connectivity index (χ2v) is 7.46. The monoisotopic (exact) mass is 360 g/mol. The summed E-state index contributed by atoms with van der Waals surface area (Å²) in [4.78, 5) is 24.8. The molecule has 1 saturated heterocycles. The van der Waals surface area contributed by atoms with E-state index < -0.39 is 11.6 Å². The summed E-state index contributed by atoms with van der Waals surface area (Å²) in [5.74, 6) is 0.257. The number of rotatable bonds is 3. The van der Waals surface area contributed by atoms with Crippen molar-refractivity contribution in [3.8, 4) is 0 Å². The molecule has 2 heterocycles. The molecule has 0 radical (unpaired) electrons. The Kier molecular flexibility index (Phi) is 4.89. The van der Waals surface area contributed by atoms with Crippen molar-refractivity contribution in [2.45, 2.75) is 32.7 Å². The Bertz CT molecular complexity index is 819. The summed E-state index contributed by atoms with van der Waals surface area (Å²) in [6.07, 6.45) is 1.70. The molecule has 0 spiro atoms. The van der Waals surface area contributed by atoms with Crippen LogP contribution < -0.4 is 4.90 Å². The summed E-state index contributed by atoms with van der Waals surface area (Å²) in [5.41, 5.74) is 0.000345. The molecule has 0 unspecified atom stereocenters. The number of piperazine rings is 1. The maximum absolute atomic E-state index is 13.8. The zero-order valence-electron chi connectivity index (χ0n) is 15.2. The minimum atomic E-state index is -0.511. The van der Waals surface area contributed by atoms with E-state index in [1.165, 1.54) is 0 Å². The highest BCUT2D eigenvalue weighted by Crippen LogP contribution is 2.22. The van der Waals surface area contributed by atoms with Crippen LogP contribution in [0.5, 0.6) is 0 Å². The zero-order chi connectivity index (χ0) is 18.9. The van der Waals surface area contributed by atoms with Crippen molar-refractivity contribution in [2.24, 2.45) is 0 Å².